The summed E-state index contributed by atoms with van der Waals surface area (Å²) in [5.74, 6) is -0.0340. The Balaban J connectivity index is 1.99. The van der Waals surface area contributed by atoms with Crippen LogP contribution in [0.25, 0.3) is 0 Å². The smallest absolute Gasteiger partial charge is 0.297 e. The average molecular weight is 349 g/mol. The molecule has 5 nitrogen and oxygen atoms in total. The van der Waals surface area contributed by atoms with Crippen LogP contribution in [0.4, 0.5) is 10.5 Å². The molecule has 0 radical (unpaired) electrons. The maximum Gasteiger partial charge on any atom is 0.437 e. The van der Waals surface area contributed by atoms with Gasteiger partial charge in [-0.2, -0.15) is 0 Å². The lowest BCUT2D eigenvalue weighted by molar-refractivity contribution is -0.112. The molecule has 2 rings (SSSR count). The van der Waals surface area contributed by atoms with Gasteiger partial charge < -0.3 is 0 Å². The Kier molecular flexibility index (Phi) is 4.70. The Morgan fingerprint density at radius 3 is 2.29 bits per heavy atom. The molecule has 1 aromatic rings. The van der Waals surface area contributed by atoms with Gasteiger partial charge in [-0.3, -0.25) is 14.9 Å². The fraction of sp³-hybridized carbons (Fsp3) is 0.133. The number of hydrogen-bond donors (Lipinski definition) is 1. The van der Waals surface area contributed by atoms with Crippen LogP contribution >= 0.6 is 15.9 Å². The van der Waals surface area contributed by atoms with Gasteiger partial charge in [0.25, 0.3) is 0 Å². The van der Waals surface area contributed by atoms with E-state index >= 15 is 0 Å². The zero-order valence-electron chi connectivity index (χ0n) is 11.5. The lowest BCUT2D eigenvalue weighted by Crippen LogP contribution is -2.14. The van der Waals surface area contributed by atoms with Crippen molar-refractivity contribution in [3.63, 3.8) is 0 Å². The van der Waals surface area contributed by atoms with Gasteiger partial charge in [-0.15, -0.1) is 0 Å². The first-order valence-corrected chi connectivity index (χ1v) is 6.98. The zero-order chi connectivity index (χ0) is 15.4. The number of nitrogens with zero attached hydrogens (tertiary/aromatic N) is 1. The molecule has 0 aliphatic heterocycles. The summed E-state index contributed by atoms with van der Waals surface area (Å²) < 4.78 is 0.912. The molecule has 1 aliphatic rings. The van der Waals surface area contributed by atoms with Crippen molar-refractivity contribution in [1.82, 2.24) is 0 Å². The maximum absolute atomic E-state index is 11.6. The van der Waals surface area contributed by atoms with Crippen molar-refractivity contribution in [1.29, 1.82) is 0 Å². The van der Waals surface area contributed by atoms with E-state index in [2.05, 4.69) is 26.4 Å². The molecule has 1 N–H and O–H groups in total. The van der Waals surface area contributed by atoms with Crippen LogP contribution in [0.2, 0.25) is 0 Å². The van der Waals surface area contributed by atoms with Crippen LogP contribution in [0, 0.1) is 0 Å². The van der Waals surface area contributed by atoms with Crippen molar-refractivity contribution < 1.29 is 14.4 Å². The largest absolute Gasteiger partial charge is 0.437 e. The molecule has 108 valence electrons. The molecule has 1 amide bonds. The Labute approximate surface area is 130 Å². The van der Waals surface area contributed by atoms with Gasteiger partial charge in [-0.05, 0) is 61.4 Å². The monoisotopic (exact) mass is 348 g/mol. The predicted molar refractivity (Wildman–Crippen MR) is 84.2 cm³/mol. The van der Waals surface area contributed by atoms with Gasteiger partial charge in [-0.25, -0.2) is 4.79 Å². The predicted octanol–water partition coefficient (Wildman–Crippen LogP) is 3.83. The fourth-order valence-corrected chi connectivity index (χ4v) is 2.01. The van der Waals surface area contributed by atoms with Crippen LogP contribution in [-0.4, -0.2) is 17.6 Å². The highest BCUT2D eigenvalue weighted by molar-refractivity contribution is 9.10. The molecule has 6 heteroatoms. The lowest BCUT2D eigenvalue weighted by atomic mass is 9.98. The van der Waals surface area contributed by atoms with E-state index in [-0.39, 0.29) is 5.78 Å². The summed E-state index contributed by atoms with van der Waals surface area (Å²) in [4.78, 5) is 27.9. The molecule has 0 heterocycles. The molecule has 0 fully saturated rings. The summed E-state index contributed by atoms with van der Waals surface area (Å²) in [6, 6.07) is 7.05. The van der Waals surface area contributed by atoms with Crippen molar-refractivity contribution in [2.75, 3.05) is 5.32 Å². The van der Waals surface area contributed by atoms with Gasteiger partial charge in [-0.1, -0.05) is 21.1 Å². The molecule has 1 aliphatic carbocycles. The molecule has 0 spiro atoms. The van der Waals surface area contributed by atoms with Gasteiger partial charge in [0.1, 0.15) is 5.71 Å². The van der Waals surface area contributed by atoms with Crippen LogP contribution < -0.4 is 5.32 Å². The standard InChI is InChI=1S/C15H13BrN2O3/c1-9-7-13(8-10(2)14(9)19)18-21-15(20)17-12-5-3-11(16)4-6-12/h3-8H,1-2H3,(H,17,20). The Morgan fingerprint density at radius 2 is 1.71 bits per heavy atom. The molecule has 0 unspecified atom stereocenters. The highest BCUT2D eigenvalue weighted by atomic mass is 79.9. The number of allylic oxidation sites excluding steroid dienone is 4. The summed E-state index contributed by atoms with van der Waals surface area (Å²) in [5, 5.41) is 6.26. The zero-order valence-corrected chi connectivity index (χ0v) is 13.1. The van der Waals surface area contributed by atoms with Crippen molar-refractivity contribution in [3.05, 3.63) is 52.0 Å². The van der Waals surface area contributed by atoms with E-state index in [0.29, 0.717) is 22.5 Å². The number of carbonyl (C=O) groups excluding carboxylic acids is 2. The molecular weight excluding hydrogens is 336 g/mol. The molecule has 21 heavy (non-hydrogen) atoms. The van der Waals surface area contributed by atoms with Crippen LogP contribution in [0.5, 0.6) is 0 Å². The third-order valence-corrected chi connectivity index (χ3v) is 3.30. The fourth-order valence-electron chi connectivity index (χ4n) is 1.75. The van der Waals surface area contributed by atoms with Gasteiger partial charge in [0, 0.05) is 10.2 Å². The molecule has 0 saturated carbocycles. The number of Topliss-reactive ketones (excluding diaryl/α,β-unsaturated/α-hetero) is 1. The molecule has 1 aromatic carbocycles. The van der Waals surface area contributed by atoms with E-state index in [1.165, 1.54) is 0 Å². The lowest BCUT2D eigenvalue weighted by Gasteiger charge is -2.08. The normalized spacial score (nSPS) is 14.2. The van der Waals surface area contributed by atoms with Gasteiger partial charge in [0.15, 0.2) is 5.78 Å². The second kappa shape index (κ2) is 6.49. The summed E-state index contributed by atoms with van der Waals surface area (Å²) in [7, 11) is 0. The van der Waals surface area contributed by atoms with Crippen LogP contribution in [-0.2, 0) is 9.63 Å². The van der Waals surface area contributed by atoms with Crippen LogP contribution in [0.15, 0.2) is 57.2 Å². The number of hydrogen-bond acceptors (Lipinski definition) is 4. The van der Waals surface area contributed by atoms with Crippen molar-refractivity contribution >= 4 is 39.2 Å². The SMILES string of the molecule is CC1=CC(=NOC(=O)Nc2ccc(Br)cc2)C=C(C)C1=O. The third kappa shape index (κ3) is 4.13. The number of halogens is 1. The topological polar surface area (TPSA) is 67.8 Å². The maximum atomic E-state index is 11.6. The van der Waals surface area contributed by atoms with Crippen molar-refractivity contribution in [2.24, 2.45) is 5.16 Å². The Bertz CT molecular complexity index is 649. The first kappa shape index (κ1) is 15.2. The van der Waals surface area contributed by atoms with Gasteiger partial charge in [0.05, 0.1) is 0 Å². The second-order valence-corrected chi connectivity index (χ2v) is 5.43. The minimum atomic E-state index is -0.696. The van der Waals surface area contributed by atoms with E-state index in [4.69, 9.17) is 4.84 Å². The minimum Gasteiger partial charge on any atom is -0.297 e. The number of ketones is 1. The van der Waals surface area contributed by atoms with Crippen LogP contribution in [0.3, 0.4) is 0 Å². The summed E-state index contributed by atoms with van der Waals surface area (Å²) in [6.45, 7) is 3.38. The summed E-state index contributed by atoms with van der Waals surface area (Å²) >= 11 is 3.30. The van der Waals surface area contributed by atoms with E-state index in [1.807, 2.05) is 0 Å². The number of rotatable bonds is 2. The number of nitrogens with one attached hydrogen (secondary N) is 1. The molecule has 0 aromatic heterocycles. The summed E-state index contributed by atoms with van der Waals surface area (Å²) in [6.07, 6.45) is 2.45. The van der Waals surface area contributed by atoms with Crippen molar-refractivity contribution in [2.45, 2.75) is 13.8 Å². The van der Waals surface area contributed by atoms with E-state index < -0.39 is 6.09 Å². The minimum absolute atomic E-state index is 0.0340. The number of benzene rings is 1. The molecular formula is C15H13BrN2O3. The highest BCUT2D eigenvalue weighted by Gasteiger charge is 2.14. The average Bonchev–Trinajstić information content (AvgIpc) is 2.45. The number of oxime groups is 1. The van der Waals surface area contributed by atoms with E-state index in [1.54, 1.807) is 50.3 Å². The van der Waals surface area contributed by atoms with E-state index in [9.17, 15) is 9.59 Å². The Hall–Kier alpha value is -2.21. The Morgan fingerprint density at radius 1 is 1.14 bits per heavy atom. The number of anilines is 1. The molecule has 0 bridgehead atoms. The van der Waals surface area contributed by atoms with Gasteiger partial charge in [0.2, 0.25) is 0 Å². The first-order valence-electron chi connectivity index (χ1n) is 6.18. The quantitative estimate of drug-likeness (QED) is 0.501. The summed E-state index contributed by atoms with van der Waals surface area (Å²) in [5.41, 5.74) is 2.15. The van der Waals surface area contributed by atoms with Crippen LogP contribution in [0.1, 0.15) is 13.8 Å². The number of carbonyl (C=O) groups is 2. The third-order valence-electron chi connectivity index (χ3n) is 2.77. The second-order valence-electron chi connectivity index (χ2n) is 4.51. The highest BCUT2D eigenvalue weighted by Crippen LogP contribution is 2.15. The molecule has 0 atom stereocenters. The first-order chi connectivity index (χ1) is 9.95. The van der Waals surface area contributed by atoms with E-state index in [0.717, 1.165) is 4.47 Å². The number of amides is 1. The molecule has 0 saturated heterocycles. The van der Waals surface area contributed by atoms with Gasteiger partial charge >= 0.3 is 6.09 Å². The van der Waals surface area contributed by atoms with Crippen molar-refractivity contribution in [3.8, 4) is 0 Å².